The van der Waals surface area contributed by atoms with Crippen LogP contribution in [0.15, 0.2) is 30.3 Å². The van der Waals surface area contributed by atoms with Gasteiger partial charge in [-0.1, -0.05) is 30.3 Å². The first-order valence-electron chi connectivity index (χ1n) is 7.44. The third-order valence-electron chi connectivity index (χ3n) is 2.93. The van der Waals surface area contributed by atoms with Crippen molar-refractivity contribution in [1.82, 2.24) is 10.4 Å². The second-order valence-electron chi connectivity index (χ2n) is 6.21. The lowest BCUT2D eigenvalue weighted by atomic mass is 10.2. The summed E-state index contributed by atoms with van der Waals surface area (Å²) in [4.78, 5) is 40.1. The lowest BCUT2D eigenvalue weighted by Gasteiger charge is -2.20. The van der Waals surface area contributed by atoms with Gasteiger partial charge in [0.2, 0.25) is 0 Å². The Morgan fingerprint density at radius 2 is 1.96 bits per heavy atom. The van der Waals surface area contributed by atoms with Crippen LogP contribution in [0.25, 0.3) is 0 Å². The van der Waals surface area contributed by atoms with E-state index in [-0.39, 0.29) is 13.2 Å². The van der Waals surface area contributed by atoms with Gasteiger partial charge >= 0.3 is 18.2 Å². The van der Waals surface area contributed by atoms with Crippen LogP contribution in [0.5, 0.6) is 0 Å². The van der Waals surface area contributed by atoms with E-state index in [4.69, 9.17) is 14.3 Å². The maximum Gasteiger partial charge on any atom is 0.443 e. The monoisotopic (exact) mass is 336 g/mol. The number of hydroxylamine groups is 2. The molecule has 1 aliphatic rings. The molecule has 1 heterocycles. The van der Waals surface area contributed by atoms with E-state index < -0.39 is 29.8 Å². The van der Waals surface area contributed by atoms with E-state index in [1.54, 1.807) is 32.9 Å². The van der Waals surface area contributed by atoms with Gasteiger partial charge in [0, 0.05) is 0 Å². The van der Waals surface area contributed by atoms with Gasteiger partial charge in [-0.25, -0.2) is 14.4 Å². The first-order valence-corrected chi connectivity index (χ1v) is 7.44. The van der Waals surface area contributed by atoms with E-state index in [0.29, 0.717) is 0 Å². The number of carbonyl (C=O) groups is 3. The van der Waals surface area contributed by atoms with E-state index >= 15 is 0 Å². The molecule has 24 heavy (non-hydrogen) atoms. The highest BCUT2D eigenvalue weighted by molar-refractivity contribution is 5.85. The number of ether oxygens (including phenoxy) is 2. The molecule has 8 heteroatoms. The summed E-state index contributed by atoms with van der Waals surface area (Å²) in [5.74, 6) is -0.752. The number of nitrogens with one attached hydrogen (secondary N) is 1. The molecule has 1 aliphatic heterocycles. The molecular weight excluding hydrogens is 316 g/mol. The zero-order valence-corrected chi connectivity index (χ0v) is 13.8. The lowest BCUT2D eigenvalue weighted by molar-refractivity contribution is -0.164. The Morgan fingerprint density at radius 3 is 2.58 bits per heavy atom. The van der Waals surface area contributed by atoms with Gasteiger partial charge in [0.15, 0.2) is 6.04 Å². The smallest absolute Gasteiger partial charge is 0.443 e. The number of amides is 2. The maximum atomic E-state index is 11.9. The predicted octanol–water partition coefficient (Wildman–Crippen LogP) is 1.99. The van der Waals surface area contributed by atoms with Crippen LogP contribution in [-0.2, 0) is 25.7 Å². The van der Waals surface area contributed by atoms with Crippen molar-refractivity contribution in [2.45, 2.75) is 39.0 Å². The van der Waals surface area contributed by atoms with Crippen LogP contribution in [0.4, 0.5) is 9.59 Å². The number of hydrogen-bond acceptors (Lipinski definition) is 6. The summed E-state index contributed by atoms with van der Waals surface area (Å²) < 4.78 is 10.1. The van der Waals surface area contributed by atoms with Crippen molar-refractivity contribution >= 4 is 18.2 Å². The summed E-state index contributed by atoms with van der Waals surface area (Å²) in [6, 6.07) is 8.09. The molecule has 130 valence electrons. The van der Waals surface area contributed by atoms with Crippen LogP contribution in [0.1, 0.15) is 26.3 Å². The van der Waals surface area contributed by atoms with Gasteiger partial charge in [-0.2, -0.15) is 0 Å². The SMILES string of the molecule is CC(C)(C)OC(=O)NC1CN(C(=O)OCc2ccccc2)OC1=O. The van der Waals surface area contributed by atoms with Crippen molar-refractivity contribution < 1.29 is 28.7 Å². The average molecular weight is 336 g/mol. The lowest BCUT2D eigenvalue weighted by Crippen LogP contribution is -2.43. The fraction of sp³-hybridized carbons (Fsp3) is 0.438. The van der Waals surface area contributed by atoms with E-state index in [1.807, 2.05) is 18.2 Å². The molecule has 1 fully saturated rings. The quantitative estimate of drug-likeness (QED) is 0.907. The minimum atomic E-state index is -0.996. The van der Waals surface area contributed by atoms with Gasteiger partial charge in [-0.15, -0.1) is 5.06 Å². The minimum Gasteiger partial charge on any atom is -0.444 e. The molecule has 1 N–H and O–H groups in total. The van der Waals surface area contributed by atoms with Gasteiger partial charge in [0.05, 0.1) is 6.54 Å². The summed E-state index contributed by atoms with van der Waals surface area (Å²) in [5.41, 5.74) is 0.112. The molecule has 8 nitrogen and oxygen atoms in total. The number of nitrogens with zero attached hydrogens (tertiary/aromatic N) is 1. The largest absolute Gasteiger partial charge is 0.444 e. The molecule has 0 radical (unpaired) electrons. The molecule has 1 unspecified atom stereocenters. The second-order valence-corrected chi connectivity index (χ2v) is 6.21. The molecule has 0 aromatic heterocycles. The van der Waals surface area contributed by atoms with E-state index in [9.17, 15) is 14.4 Å². The Hall–Kier alpha value is -2.77. The highest BCUT2D eigenvalue weighted by Crippen LogP contribution is 2.13. The molecule has 0 aliphatic carbocycles. The van der Waals surface area contributed by atoms with E-state index in [1.165, 1.54) is 0 Å². The highest BCUT2D eigenvalue weighted by atomic mass is 16.8. The first kappa shape index (κ1) is 17.6. The van der Waals surface area contributed by atoms with Crippen molar-refractivity contribution in [3.05, 3.63) is 35.9 Å². The number of carbonyl (C=O) groups excluding carboxylic acids is 3. The third kappa shape index (κ3) is 5.15. The van der Waals surface area contributed by atoms with Crippen LogP contribution in [0, 0.1) is 0 Å². The van der Waals surface area contributed by atoms with Gasteiger partial charge in [-0.3, -0.25) is 0 Å². The molecule has 2 amide bonds. The topological polar surface area (TPSA) is 94.2 Å². The van der Waals surface area contributed by atoms with Crippen molar-refractivity contribution in [3.8, 4) is 0 Å². The van der Waals surface area contributed by atoms with Gasteiger partial charge in [0.1, 0.15) is 12.2 Å². The van der Waals surface area contributed by atoms with E-state index in [0.717, 1.165) is 10.6 Å². The van der Waals surface area contributed by atoms with Gasteiger partial charge in [-0.05, 0) is 26.3 Å². The first-order chi connectivity index (χ1) is 11.2. The zero-order valence-electron chi connectivity index (χ0n) is 13.8. The zero-order chi connectivity index (χ0) is 17.7. The van der Waals surface area contributed by atoms with Crippen molar-refractivity contribution in [3.63, 3.8) is 0 Å². The van der Waals surface area contributed by atoms with Gasteiger partial charge in [0.25, 0.3) is 0 Å². The molecule has 1 aromatic rings. The third-order valence-corrected chi connectivity index (χ3v) is 2.93. The predicted molar refractivity (Wildman–Crippen MR) is 82.6 cm³/mol. The summed E-state index contributed by atoms with van der Waals surface area (Å²) in [7, 11) is 0. The fourth-order valence-electron chi connectivity index (χ4n) is 1.91. The molecule has 1 saturated heterocycles. The summed E-state index contributed by atoms with van der Waals surface area (Å²) in [5, 5.41) is 3.13. The minimum absolute atomic E-state index is 0.0535. The normalized spacial score (nSPS) is 17.2. The Kier molecular flexibility index (Phi) is 5.28. The Labute approximate surface area is 139 Å². The van der Waals surface area contributed by atoms with Crippen LogP contribution in [-0.4, -0.2) is 41.4 Å². The summed E-state index contributed by atoms with van der Waals surface area (Å²) in [6.45, 7) is 5.01. The Morgan fingerprint density at radius 1 is 1.29 bits per heavy atom. The highest BCUT2D eigenvalue weighted by Gasteiger charge is 2.39. The number of alkyl carbamates (subject to hydrolysis) is 1. The molecular formula is C16H20N2O6. The summed E-state index contributed by atoms with van der Waals surface area (Å²) in [6.07, 6.45) is -1.57. The molecule has 1 atom stereocenters. The Balaban J connectivity index is 1.82. The van der Waals surface area contributed by atoms with Crippen molar-refractivity contribution in [2.24, 2.45) is 0 Å². The number of hydrogen-bond donors (Lipinski definition) is 1. The molecule has 0 saturated carbocycles. The number of rotatable bonds is 3. The van der Waals surface area contributed by atoms with Gasteiger partial charge < -0.3 is 19.6 Å². The molecule has 2 rings (SSSR count). The second kappa shape index (κ2) is 7.20. The van der Waals surface area contributed by atoms with Crippen molar-refractivity contribution in [1.29, 1.82) is 0 Å². The summed E-state index contributed by atoms with van der Waals surface area (Å²) >= 11 is 0. The number of benzene rings is 1. The average Bonchev–Trinajstić information content (AvgIpc) is 2.85. The van der Waals surface area contributed by atoms with E-state index in [2.05, 4.69) is 5.32 Å². The molecule has 0 spiro atoms. The fourth-order valence-corrected chi connectivity index (χ4v) is 1.91. The Bertz CT molecular complexity index is 611. The van der Waals surface area contributed by atoms with Crippen molar-refractivity contribution in [2.75, 3.05) is 6.54 Å². The van der Waals surface area contributed by atoms with Crippen LogP contribution < -0.4 is 5.32 Å². The molecule has 0 bridgehead atoms. The standard InChI is InChI=1S/C16H20N2O6/c1-16(2,3)23-14(20)17-12-9-18(24-13(12)19)15(21)22-10-11-7-5-4-6-8-11/h4-8,12H,9-10H2,1-3H3,(H,17,20). The van der Waals surface area contributed by atoms with Crippen LogP contribution in [0.3, 0.4) is 0 Å². The molecule has 1 aromatic carbocycles. The maximum absolute atomic E-state index is 11.9. The van der Waals surface area contributed by atoms with Crippen LogP contribution in [0.2, 0.25) is 0 Å². The van der Waals surface area contributed by atoms with Crippen LogP contribution >= 0.6 is 0 Å².